The predicted octanol–water partition coefficient (Wildman–Crippen LogP) is 4.13. The second-order valence-electron chi connectivity index (χ2n) is 10.2. The summed E-state index contributed by atoms with van der Waals surface area (Å²) in [5.74, 6) is 1.70. The lowest BCUT2D eigenvalue weighted by atomic mass is 9.55. The van der Waals surface area contributed by atoms with Crippen LogP contribution in [0.2, 0.25) is 0 Å². The highest BCUT2D eigenvalue weighted by Gasteiger charge is 2.56. The number of aryl methyl sites for hydroxylation is 1. The van der Waals surface area contributed by atoms with Crippen molar-refractivity contribution in [3.05, 3.63) is 53.1 Å². The van der Waals surface area contributed by atoms with Gasteiger partial charge in [0.1, 0.15) is 6.10 Å². The summed E-state index contributed by atoms with van der Waals surface area (Å²) in [7, 11) is -2.23. The third-order valence-corrected chi connectivity index (χ3v) is 9.53. The van der Waals surface area contributed by atoms with E-state index in [4.69, 9.17) is 14.6 Å². The van der Waals surface area contributed by atoms with Crippen molar-refractivity contribution in [3.63, 3.8) is 0 Å². The molecule has 182 valence electrons. The monoisotopic (exact) mass is 485 g/mol. The molecule has 0 unspecified atom stereocenters. The summed E-state index contributed by atoms with van der Waals surface area (Å²) in [5.41, 5.74) is 2.75. The molecule has 3 aliphatic rings. The van der Waals surface area contributed by atoms with Crippen LogP contribution in [0.3, 0.4) is 0 Å². The van der Waals surface area contributed by atoms with E-state index >= 15 is 0 Å². The fourth-order valence-corrected chi connectivity index (χ4v) is 7.39. The molecule has 2 saturated carbocycles. The molecule has 0 aliphatic heterocycles. The van der Waals surface area contributed by atoms with Gasteiger partial charge in [0, 0.05) is 5.41 Å². The normalized spacial score (nSPS) is 30.1. The van der Waals surface area contributed by atoms with E-state index in [0.29, 0.717) is 29.1 Å². The Morgan fingerprint density at radius 2 is 1.85 bits per heavy atom. The van der Waals surface area contributed by atoms with E-state index in [9.17, 15) is 18.3 Å². The third-order valence-electron chi connectivity index (χ3n) is 8.61. The van der Waals surface area contributed by atoms with E-state index in [2.05, 4.69) is 6.92 Å². The summed E-state index contributed by atoms with van der Waals surface area (Å²) in [6.07, 6.45) is 5.65. The molecule has 2 aromatic rings. The summed E-state index contributed by atoms with van der Waals surface area (Å²) >= 11 is 0. The van der Waals surface area contributed by atoms with Crippen molar-refractivity contribution in [2.75, 3.05) is 7.11 Å². The zero-order valence-electron chi connectivity index (χ0n) is 19.5. The van der Waals surface area contributed by atoms with Gasteiger partial charge in [-0.05, 0) is 104 Å². The lowest BCUT2D eigenvalue weighted by Crippen LogP contribution is -2.45. The van der Waals surface area contributed by atoms with Gasteiger partial charge in [0.2, 0.25) is 10.0 Å². The Hall–Kier alpha value is -2.58. The molecule has 2 aromatic carbocycles. The molecular formula is C26H31NO6S. The minimum absolute atomic E-state index is 0.0298. The molecule has 5 atom stereocenters. The number of benzene rings is 2. The van der Waals surface area contributed by atoms with Crippen molar-refractivity contribution < 1.29 is 27.8 Å². The highest BCUT2D eigenvalue weighted by Crippen LogP contribution is 2.62. The minimum Gasteiger partial charge on any atom is -0.504 e. The maximum Gasteiger partial charge on any atom is 0.338 e. The number of nitrogens with two attached hydrogens (primary N) is 1. The van der Waals surface area contributed by atoms with Gasteiger partial charge in [-0.15, -0.1) is 0 Å². The fourth-order valence-electron chi connectivity index (χ4n) is 6.87. The second kappa shape index (κ2) is 8.27. The number of esters is 1. The van der Waals surface area contributed by atoms with Crippen LogP contribution in [0.15, 0.2) is 41.3 Å². The van der Waals surface area contributed by atoms with Crippen LogP contribution in [-0.2, 0) is 21.2 Å². The average molecular weight is 486 g/mol. The molecule has 2 fully saturated rings. The molecule has 0 spiro atoms. The number of ether oxygens (including phenoxy) is 2. The van der Waals surface area contributed by atoms with Gasteiger partial charge in [0.25, 0.3) is 0 Å². The Balaban J connectivity index is 1.34. The summed E-state index contributed by atoms with van der Waals surface area (Å²) in [4.78, 5) is 12.9. The van der Waals surface area contributed by atoms with Crippen molar-refractivity contribution in [2.24, 2.45) is 22.4 Å². The molecule has 0 aromatic heterocycles. The number of sulfonamides is 1. The molecule has 0 heterocycles. The number of carbonyl (C=O) groups is 1. The standard InChI is InChI=1S/C26H31NO6S/c1-26-12-11-18-19(8-5-16-13-22(28)23(32-2)14-20(16)18)21(26)9-10-24(26)33-25(29)15-3-6-17(7-4-15)34(27,30)31/h3-4,6-7,13-14,18-19,21,24,28H,5,8-12H2,1-2H3,(H2,27,30,31)/t18-,19+,21-,24-,26-/m0/s1. The van der Waals surface area contributed by atoms with Crippen LogP contribution in [0.1, 0.15) is 66.4 Å². The van der Waals surface area contributed by atoms with Gasteiger partial charge in [0.05, 0.1) is 17.6 Å². The number of primary sulfonamides is 1. The Morgan fingerprint density at radius 3 is 2.53 bits per heavy atom. The highest BCUT2D eigenvalue weighted by molar-refractivity contribution is 7.89. The number of carbonyl (C=O) groups excluding carboxylic acids is 1. The molecule has 0 amide bonds. The van der Waals surface area contributed by atoms with Crippen LogP contribution >= 0.6 is 0 Å². The van der Waals surface area contributed by atoms with Crippen LogP contribution in [-0.4, -0.2) is 32.7 Å². The number of hydrogen-bond acceptors (Lipinski definition) is 6. The van der Waals surface area contributed by atoms with Gasteiger partial charge in [0.15, 0.2) is 11.5 Å². The van der Waals surface area contributed by atoms with Crippen molar-refractivity contribution >= 4 is 16.0 Å². The van der Waals surface area contributed by atoms with Crippen molar-refractivity contribution in [1.82, 2.24) is 0 Å². The number of phenols is 1. The molecule has 3 N–H and O–H groups in total. The first-order valence-electron chi connectivity index (χ1n) is 11.9. The fraction of sp³-hybridized carbons (Fsp3) is 0.500. The maximum atomic E-state index is 12.9. The molecule has 3 aliphatic carbocycles. The van der Waals surface area contributed by atoms with E-state index in [-0.39, 0.29) is 22.2 Å². The first kappa shape index (κ1) is 23.2. The van der Waals surface area contributed by atoms with Crippen molar-refractivity contribution in [3.8, 4) is 11.5 Å². The zero-order chi connectivity index (χ0) is 24.3. The number of hydrogen-bond donors (Lipinski definition) is 2. The van der Waals surface area contributed by atoms with Gasteiger partial charge >= 0.3 is 5.97 Å². The number of fused-ring (bicyclic) bond motifs is 5. The largest absolute Gasteiger partial charge is 0.504 e. The number of methoxy groups -OCH3 is 1. The first-order valence-corrected chi connectivity index (χ1v) is 13.4. The van der Waals surface area contributed by atoms with Gasteiger partial charge in [-0.3, -0.25) is 0 Å². The number of rotatable bonds is 4. The van der Waals surface area contributed by atoms with Crippen LogP contribution in [0.5, 0.6) is 11.5 Å². The van der Waals surface area contributed by atoms with Gasteiger partial charge in [-0.25, -0.2) is 18.4 Å². The summed E-state index contributed by atoms with van der Waals surface area (Å²) < 4.78 is 34.4. The van der Waals surface area contributed by atoms with Crippen LogP contribution in [0.4, 0.5) is 0 Å². The predicted molar refractivity (Wildman–Crippen MR) is 126 cm³/mol. The molecule has 34 heavy (non-hydrogen) atoms. The summed E-state index contributed by atoms with van der Waals surface area (Å²) in [6, 6.07) is 9.45. The lowest BCUT2D eigenvalue weighted by Gasteiger charge is -2.50. The Kier molecular flexibility index (Phi) is 5.64. The van der Waals surface area contributed by atoms with E-state index in [1.165, 1.54) is 35.4 Å². The molecule has 7 nitrogen and oxygen atoms in total. The molecule has 8 heteroatoms. The molecule has 5 rings (SSSR count). The highest BCUT2D eigenvalue weighted by atomic mass is 32.2. The quantitative estimate of drug-likeness (QED) is 0.629. The SMILES string of the molecule is COc1cc2c(cc1O)CC[C@@H]1[C@@H]2CC[C@]2(C)[C@@H](OC(=O)c3ccc(S(N)(=O)=O)cc3)CC[C@@H]12. The Morgan fingerprint density at radius 1 is 1.12 bits per heavy atom. The van der Waals surface area contributed by atoms with E-state index in [1.807, 2.05) is 12.1 Å². The topological polar surface area (TPSA) is 116 Å². The Labute approximate surface area is 200 Å². The van der Waals surface area contributed by atoms with Gasteiger partial charge in [-0.2, -0.15) is 0 Å². The first-order chi connectivity index (χ1) is 16.1. The van der Waals surface area contributed by atoms with Crippen molar-refractivity contribution in [1.29, 1.82) is 0 Å². The molecular weight excluding hydrogens is 454 g/mol. The average Bonchev–Trinajstić information content (AvgIpc) is 3.14. The van der Waals surface area contributed by atoms with E-state index in [1.54, 1.807) is 7.11 Å². The minimum atomic E-state index is -3.81. The zero-order valence-corrected chi connectivity index (χ0v) is 20.3. The van der Waals surface area contributed by atoms with E-state index < -0.39 is 16.0 Å². The van der Waals surface area contributed by atoms with Crippen LogP contribution < -0.4 is 9.88 Å². The number of aromatic hydroxyl groups is 1. The Bertz CT molecular complexity index is 1220. The number of phenolic OH excluding ortho intramolecular Hbond substituents is 1. The van der Waals surface area contributed by atoms with E-state index in [0.717, 1.165) is 38.5 Å². The molecule has 0 saturated heterocycles. The van der Waals surface area contributed by atoms with Crippen LogP contribution in [0.25, 0.3) is 0 Å². The smallest absolute Gasteiger partial charge is 0.338 e. The second-order valence-corrected chi connectivity index (χ2v) is 11.8. The summed E-state index contributed by atoms with van der Waals surface area (Å²) in [6.45, 7) is 2.26. The van der Waals surface area contributed by atoms with Gasteiger partial charge < -0.3 is 14.6 Å². The summed E-state index contributed by atoms with van der Waals surface area (Å²) in [5, 5.41) is 15.4. The molecule has 0 radical (unpaired) electrons. The van der Waals surface area contributed by atoms with Gasteiger partial charge in [-0.1, -0.05) is 6.92 Å². The molecule has 0 bridgehead atoms. The van der Waals surface area contributed by atoms with Crippen LogP contribution in [0, 0.1) is 17.3 Å². The third kappa shape index (κ3) is 3.77. The van der Waals surface area contributed by atoms with Crippen molar-refractivity contribution in [2.45, 2.75) is 62.4 Å². The lowest BCUT2D eigenvalue weighted by molar-refractivity contribution is -0.0428. The maximum absolute atomic E-state index is 12.9.